The summed E-state index contributed by atoms with van der Waals surface area (Å²) < 4.78 is 32.2. The van der Waals surface area contributed by atoms with E-state index in [1.807, 2.05) is 27.7 Å². The molecule has 21 heavy (non-hydrogen) atoms. The fourth-order valence-corrected chi connectivity index (χ4v) is 3.98. The molecular weight excluding hydrogens is 288 g/mol. The Morgan fingerprint density at radius 2 is 1.67 bits per heavy atom. The lowest BCUT2D eigenvalue weighted by atomic mass is 10.2. The van der Waals surface area contributed by atoms with Crippen molar-refractivity contribution < 1.29 is 13.2 Å². The fourth-order valence-electron chi connectivity index (χ4n) is 2.11. The minimum Gasteiger partial charge on any atom is -0.497 e. The minimum absolute atomic E-state index is 0.143. The summed E-state index contributed by atoms with van der Waals surface area (Å²) in [5.41, 5.74) is 6.11. The Morgan fingerprint density at radius 3 is 2.05 bits per heavy atom. The van der Waals surface area contributed by atoms with Gasteiger partial charge in [-0.25, -0.2) is 8.42 Å². The molecule has 0 aliphatic rings. The van der Waals surface area contributed by atoms with E-state index < -0.39 is 10.0 Å². The molecule has 1 aromatic rings. The summed E-state index contributed by atoms with van der Waals surface area (Å²) in [4.78, 5) is 0.143. The number of hydrogen-bond acceptors (Lipinski definition) is 4. The summed E-state index contributed by atoms with van der Waals surface area (Å²) in [5, 5.41) is 0. The molecule has 0 spiro atoms. The van der Waals surface area contributed by atoms with Crippen molar-refractivity contribution >= 4 is 15.7 Å². The Morgan fingerprint density at radius 1 is 1.14 bits per heavy atom. The minimum atomic E-state index is -3.59. The van der Waals surface area contributed by atoms with E-state index in [1.165, 1.54) is 23.5 Å². The zero-order valence-electron chi connectivity index (χ0n) is 13.5. The topological polar surface area (TPSA) is 72.6 Å². The molecule has 0 fully saturated rings. The SMILES string of the molecule is COc1ccc(S(=O)(=O)N(CC(C)C)CC(C)C)c(N)c1. The number of hydrogen-bond donors (Lipinski definition) is 1. The van der Waals surface area contributed by atoms with E-state index in [0.29, 0.717) is 18.8 Å². The maximum absolute atomic E-state index is 12.8. The highest BCUT2D eigenvalue weighted by atomic mass is 32.2. The van der Waals surface area contributed by atoms with Crippen LogP contribution in [0.4, 0.5) is 5.69 Å². The van der Waals surface area contributed by atoms with Crippen molar-refractivity contribution in [1.82, 2.24) is 4.31 Å². The number of benzene rings is 1. The zero-order chi connectivity index (χ0) is 16.2. The van der Waals surface area contributed by atoms with Gasteiger partial charge >= 0.3 is 0 Å². The first kappa shape index (κ1) is 17.8. The monoisotopic (exact) mass is 314 g/mol. The molecule has 5 nitrogen and oxygen atoms in total. The fraction of sp³-hybridized carbons (Fsp3) is 0.600. The lowest BCUT2D eigenvalue weighted by Gasteiger charge is -2.26. The molecule has 0 saturated heterocycles. The van der Waals surface area contributed by atoms with Gasteiger partial charge in [0.1, 0.15) is 10.6 Å². The van der Waals surface area contributed by atoms with Gasteiger partial charge in [0.25, 0.3) is 0 Å². The normalized spacial score (nSPS) is 12.4. The van der Waals surface area contributed by atoms with Crippen LogP contribution in [0, 0.1) is 11.8 Å². The highest BCUT2D eigenvalue weighted by molar-refractivity contribution is 7.89. The van der Waals surface area contributed by atoms with Gasteiger partial charge in [0, 0.05) is 19.2 Å². The van der Waals surface area contributed by atoms with E-state index >= 15 is 0 Å². The number of methoxy groups -OCH3 is 1. The summed E-state index contributed by atoms with van der Waals surface area (Å²) in [6.45, 7) is 8.96. The average molecular weight is 314 g/mol. The van der Waals surface area contributed by atoms with Gasteiger partial charge in [0.2, 0.25) is 10.0 Å². The van der Waals surface area contributed by atoms with Crippen molar-refractivity contribution in [3.8, 4) is 5.75 Å². The van der Waals surface area contributed by atoms with Crippen LogP contribution in [0.25, 0.3) is 0 Å². The van der Waals surface area contributed by atoms with Gasteiger partial charge in [-0.05, 0) is 24.0 Å². The third-order valence-electron chi connectivity index (χ3n) is 2.97. The molecule has 1 aromatic carbocycles. The van der Waals surface area contributed by atoms with E-state index in [-0.39, 0.29) is 22.4 Å². The molecule has 120 valence electrons. The Balaban J connectivity index is 3.21. The van der Waals surface area contributed by atoms with Crippen molar-refractivity contribution in [3.63, 3.8) is 0 Å². The van der Waals surface area contributed by atoms with Crippen LogP contribution < -0.4 is 10.5 Å². The molecule has 0 saturated carbocycles. The summed E-state index contributed by atoms with van der Waals surface area (Å²) in [5.74, 6) is 1.04. The van der Waals surface area contributed by atoms with Crippen molar-refractivity contribution in [2.24, 2.45) is 11.8 Å². The largest absolute Gasteiger partial charge is 0.497 e. The van der Waals surface area contributed by atoms with E-state index in [0.717, 1.165) is 0 Å². The molecule has 1 rings (SSSR count). The number of ether oxygens (including phenoxy) is 1. The maximum atomic E-state index is 12.8. The molecule has 0 bridgehead atoms. The summed E-state index contributed by atoms with van der Waals surface area (Å²) >= 11 is 0. The highest BCUT2D eigenvalue weighted by Crippen LogP contribution is 2.27. The van der Waals surface area contributed by atoms with Crippen LogP contribution in [-0.4, -0.2) is 32.9 Å². The smallest absolute Gasteiger partial charge is 0.245 e. The Kier molecular flexibility index (Phi) is 6.04. The van der Waals surface area contributed by atoms with Gasteiger partial charge in [0.05, 0.1) is 12.8 Å². The highest BCUT2D eigenvalue weighted by Gasteiger charge is 2.27. The third-order valence-corrected chi connectivity index (χ3v) is 4.88. The number of anilines is 1. The second-order valence-corrected chi connectivity index (χ2v) is 7.92. The Labute approximate surface area is 128 Å². The lowest BCUT2D eigenvalue weighted by Crippen LogP contribution is -2.37. The molecule has 6 heteroatoms. The number of nitrogens with two attached hydrogens (primary N) is 1. The zero-order valence-corrected chi connectivity index (χ0v) is 14.3. The van der Waals surface area contributed by atoms with Crippen LogP contribution in [0.2, 0.25) is 0 Å². The summed E-state index contributed by atoms with van der Waals surface area (Å²) in [6, 6.07) is 4.67. The number of nitrogen functional groups attached to an aromatic ring is 1. The van der Waals surface area contributed by atoms with E-state index in [4.69, 9.17) is 10.5 Å². The molecule has 0 atom stereocenters. The molecule has 0 heterocycles. The first-order valence-electron chi connectivity index (χ1n) is 7.12. The molecular formula is C15H26N2O3S. The maximum Gasteiger partial charge on any atom is 0.245 e. The molecule has 0 aliphatic heterocycles. The van der Waals surface area contributed by atoms with Crippen molar-refractivity contribution in [2.75, 3.05) is 25.9 Å². The van der Waals surface area contributed by atoms with Crippen LogP contribution >= 0.6 is 0 Å². The Hall–Kier alpha value is -1.27. The molecule has 0 aromatic heterocycles. The standard InChI is InChI=1S/C15H26N2O3S/c1-11(2)9-17(10-12(3)4)21(18,19)15-7-6-13(20-5)8-14(15)16/h6-8,11-12H,9-10,16H2,1-5H3. The predicted molar refractivity (Wildman–Crippen MR) is 85.8 cm³/mol. The summed E-state index contributed by atoms with van der Waals surface area (Å²) in [7, 11) is -2.07. The molecule has 2 N–H and O–H groups in total. The first-order chi connectivity index (χ1) is 9.68. The van der Waals surface area contributed by atoms with E-state index in [9.17, 15) is 8.42 Å². The van der Waals surface area contributed by atoms with Gasteiger partial charge < -0.3 is 10.5 Å². The van der Waals surface area contributed by atoms with E-state index in [2.05, 4.69) is 0 Å². The second kappa shape index (κ2) is 7.13. The van der Waals surface area contributed by atoms with Crippen molar-refractivity contribution in [3.05, 3.63) is 18.2 Å². The van der Waals surface area contributed by atoms with Crippen LogP contribution in [-0.2, 0) is 10.0 Å². The number of sulfonamides is 1. The predicted octanol–water partition coefficient (Wildman–Crippen LogP) is 2.58. The van der Waals surface area contributed by atoms with Crippen molar-refractivity contribution in [1.29, 1.82) is 0 Å². The number of nitrogens with zero attached hydrogens (tertiary/aromatic N) is 1. The molecule has 0 radical (unpaired) electrons. The van der Waals surface area contributed by atoms with Gasteiger partial charge in [-0.2, -0.15) is 4.31 Å². The van der Waals surface area contributed by atoms with Gasteiger partial charge in [-0.3, -0.25) is 0 Å². The number of rotatable bonds is 7. The van der Waals surface area contributed by atoms with Crippen LogP contribution in [0.1, 0.15) is 27.7 Å². The second-order valence-electron chi connectivity index (χ2n) is 6.01. The lowest BCUT2D eigenvalue weighted by molar-refractivity contribution is 0.333. The van der Waals surface area contributed by atoms with Gasteiger partial charge in [-0.15, -0.1) is 0 Å². The Bertz CT molecular complexity index is 558. The van der Waals surface area contributed by atoms with Crippen LogP contribution in [0.5, 0.6) is 5.75 Å². The first-order valence-corrected chi connectivity index (χ1v) is 8.56. The molecule has 0 unspecified atom stereocenters. The quantitative estimate of drug-likeness (QED) is 0.785. The van der Waals surface area contributed by atoms with Crippen LogP contribution in [0.15, 0.2) is 23.1 Å². The average Bonchev–Trinajstić information content (AvgIpc) is 2.36. The molecule has 0 aliphatic carbocycles. The van der Waals surface area contributed by atoms with Gasteiger partial charge in [-0.1, -0.05) is 27.7 Å². The molecule has 0 amide bonds. The van der Waals surface area contributed by atoms with Crippen molar-refractivity contribution in [2.45, 2.75) is 32.6 Å². The summed E-state index contributed by atoms with van der Waals surface area (Å²) in [6.07, 6.45) is 0. The van der Waals surface area contributed by atoms with Crippen LogP contribution in [0.3, 0.4) is 0 Å². The third kappa shape index (κ3) is 4.61. The van der Waals surface area contributed by atoms with E-state index in [1.54, 1.807) is 6.07 Å². The van der Waals surface area contributed by atoms with Gasteiger partial charge in [0.15, 0.2) is 0 Å².